The number of β-amino-alcohol motifs (C(OH)–C–C–N with tert-alkyl or cyclic N) is 1. The Labute approximate surface area is 68.5 Å². The zero-order chi connectivity index (χ0) is 8.48. The average Bonchev–Trinajstić information content (AvgIpc) is 2.08. The molecular formula is C9H17NO. The first kappa shape index (κ1) is 8.75. The number of likely N-dealkylation sites (tertiary alicyclic amines) is 1. The topological polar surface area (TPSA) is 23.5 Å². The molecule has 1 fully saturated rings. The zero-order valence-electron chi connectivity index (χ0n) is 7.38. The molecular weight excluding hydrogens is 138 g/mol. The summed E-state index contributed by atoms with van der Waals surface area (Å²) in [5.74, 6) is 0. The molecule has 0 saturated carbocycles. The third kappa shape index (κ3) is 1.82. The van der Waals surface area contributed by atoms with Crippen LogP contribution in [0.4, 0.5) is 0 Å². The molecule has 64 valence electrons. The van der Waals surface area contributed by atoms with Gasteiger partial charge < -0.3 is 10.0 Å². The van der Waals surface area contributed by atoms with Gasteiger partial charge in [0.2, 0.25) is 0 Å². The molecule has 0 bridgehead atoms. The highest BCUT2D eigenvalue weighted by Crippen LogP contribution is 2.28. The number of hydrogen-bond acceptors (Lipinski definition) is 2. The lowest BCUT2D eigenvalue weighted by molar-refractivity contribution is 0.0549. The first-order valence-corrected chi connectivity index (χ1v) is 4.11. The molecule has 0 radical (unpaired) electrons. The van der Waals surface area contributed by atoms with Crippen LogP contribution in [0.5, 0.6) is 0 Å². The molecule has 1 saturated heterocycles. The second-order valence-corrected chi connectivity index (χ2v) is 3.69. The van der Waals surface area contributed by atoms with E-state index in [2.05, 4.69) is 18.4 Å². The predicted octanol–water partition coefficient (Wildman–Crippen LogP) is 1.02. The summed E-state index contributed by atoms with van der Waals surface area (Å²) < 4.78 is 0. The highest BCUT2D eigenvalue weighted by Gasteiger charge is 2.37. The van der Waals surface area contributed by atoms with E-state index in [0.29, 0.717) is 12.5 Å². The fourth-order valence-corrected chi connectivity index (χ4v) is 1.81. The maximum atomic E-state index is 9.92. The Hall–Kier alpha value is -0.340. The SMILES string of the molecule is C=CCC1(O)CC(C)N(C)C1. The van der Waals surface area contributed by atoms with E-state index < -0.39 is 5.60 Å². The summed E-state index contributed by atoms with van der Waals surface area (Å²) >= 11 is 0. The highest BCUT2D eigenvalue weighted by molar-refractivity contribution is 4.97. The van der Waals surface area contributed by atoms with E-state index in [1.807, 2.05) is 7.05 Å². The Bertz CT molecular complexity index is 146. The number of likely N-dealkylation sites (N-methyl/N-ethyl adjacent to an activating group) is 1. The van der Waals surface area contributed by atoms with Gasteiger partial charge in [-0.1, -0.05) is 6.08 Å². The minimum Gasteiger partial charge on any atom is -0.388 e. The van der Waals surface area contributed by atoms with Crippen molar-refractivity contribution in [3.05, 3.63) is 12.7 Å². The van der Waals surface area contributed by atoms with Gasteiger partial charge in [-0.15, -0.1) is 6.58 Å². The number of hydrogen-bond donors (Lipinski definition) is 1. The maximum absolute atomic E-state index is 9.92. The lowest BCUT2D eigenvalue weighted by atomic mass is 9.97. The van der Waals surface area contributed by atoms with Gasteiger partial charge in [0.15, 0.2) is 0 Å². The fraction of sp³-hybridized carbons (Fsp3) is 0.778. The summed E-state index contributed by atoms with van der Waals surface area (Å²) in [4.78, 5) is 2.18. The first-order valence-electron chi connectivity index (χ1n) is 4.11. The lowest BCUT2D eigenvalue weighted by Crippen LogP contribution is -2.31. The Morgan fingerprint density at radius 3 is 2.82 bits per heavy atom. The Balaban J connectivity index is 2.55. The molecule has 2 heteroatoms. The molecule has 1 aliphatic rings. The first-order chi connectivity index (χ1) is 5.07. The summed E-state index contributed by atoms with van der Waals surface area (Å²) in [5, 5.41) is 9.92. The van der Waals surface area contributed by atoms with Crippen molar-refractivity contribution < 1.29 is 5.11 Å². The van der Waals surface area contributed by atoms with Crippen LogP contribution in [0.15, 0.2) is 12.7 Å². The van der Waals surface area contributed by atoms with Gasteiger partial charge in [0.05, 0.1) is 5.60 Å². The standard InChI is InChI=1S/C9H17NO/c1-4-5-9(11)6-8(2)10(3)7-9/h4,8,11H,1,5-7H2,2-3H3. The Morgan fingerprint density at radius 2 is 2.45 bits per heavy atom. The monoisotopic (exact) mass is 155 g/mol. The van der Waals surface area contributed by atoms with E-state index >= 15 is 0 Å². The molecule has 11 heavy (non-hydrogen) atoms. The van der Waals surface area contributed by atoms with Crippen LogP contribution in [0, 0.1) is 0 Å². The van der Waals surface area contributed by atoms with Crippen molar-refractivity contribution in [1.29, 1.82) is 0 Å². The van der Waals surface area contributed by atoms with Gasteiger partial charge in [0.25, 0.3) is 0 Å². The largest absolute Gasteiger partial charge is 0.388 e. The van der Waals surface area contributed by atoms with E-state index in [4.69, 9.17) is 0 Å². The number of nitrogens with zero attached hydrogens (tertiary/aromatic N) is 1. The van der Waals surface area contributed by atoms with Crippen molar-refractivity contribution in [3.8, 4) is 0 Å². The molecule has 0 aromatic rings. The Morgan fingerprint density at radius 1 is 1.82 bits per heavy atom. The molecule has 1 heterocycles. The van der Waals surface area contributed by atoms with Gasteiger partial charge in [-0.25, -0.2) is 0 Å². The summed E-state index contributed by atoms with van der Waals surface area (Å²) in [6.45, 7) is 6.56. The molecule has 1 rings (SSSR count). The molecule has 2 nitrogen and oxygen atoms in total. The van der Waals surface area contributed by atoms with Crippen molar-refractivity contribution in [3.63, 3.8) is 0 Å². The molecule has 1 aliphatic heterocycles. The normalized spacial score (nSPS) is 39.4. The van der Waals surface area contributed by atoms with E-state index in [1.165, 1.54) is 0 Å². The summed E-state index contributed by atoms with van der Waals surface area (Å²) in [7, 11) is 2.05. The molecule has 0 aromatic heterocycles. The van der Waals surface area contributed by atoms with Crippen molar-refractivity contribution in [2.24, 2.45) is 0 Å². The fourth-order valence-electron chi connectivity index (χ4n) is 1.81. The van der Waals surface area contributed by atoms with Crippen LogP contribution in [0.1, 0.15) is 19.8 Å². The molecule has 2 unspecified atom stereocenters. The van der Waals surface area contributed by atoms with Crippen molar-refractivity contribution in [2.45, 2.75) is 31.4 Å². The van der Waals surface area contributed by atoms with E-state index in [-0.39, 0.29) is 0 Å². The minimum atomic E-state index is -0.504. The van der Waals surface area contributed by atoms with Crippen LogP contribution in [0.3, 0.4) is 0 Å². The van der Waals surface area contributed by atoms with Crippen LogP contribution in [0.2, 0.25) is 0 Å². The maximum Gasteiger partial charge on any atom is 0.0822 e. The van der Waals surface area contributed by atoms with Crippen LogP contribution in [0.25, 0.3) is 0 Å². The van der Waals surface area contributed by atoms with E-state index in [0.717, 1.165) is 13.0 Å². The zero-order valence-corrected chi connectivity index (χ0v) is 7.38. The van der Waals surface area contributed by atoms with Gasteiger partial charge in [-0.2, -0.15) is 0 Å². The number of rotatable bonds is 2. The average molecular weight is 155 g/mol. The summed E-state index contributed by atoms with van der Waals surface area (Å²) in [6, 6.07) is 0.500. The molecule has 0 aliphatic carbocycles. The van der Waals surface area contributed by atoms with Crippen LogP contribution >= 0.6 is 0 Å². The smallest absolute Gasteiger partial charge is 0.0822 e. The second kappa shape index (κ2) is 2.95. The number of aliphatic hydroxyl groups is 1. The second-order valence-electron chi connectivity index (χ2n) is 3.69. The predicted molar refractivity (Wildman–Crippen MR) is 46.5 cm³/mol. The van der Waals surface area contributed by atoms with Crippen molar-refractivity contribution in [2.75, 3.05) is 13.6 Å². The lowest BCUT2D eigenvalue weighted by Gasteiger charge is -2.19. The summed E-state index contributed by atoms with van der Waals surface area (Å²) in [6.07, 6.45) is 3.38. The van der Waals surface area contributed by atoms with Crippen molar-refractivity contribution >= 4 is 0 Å². The quantitative estimate of drug-likeness (QED) is 0.602. The third-order valence-corrected chi connectivity index (χ3v) is 2.50. The van der Waals surface area contributed by atoms with E-state index in [9.17, 15) is 5.11 Å². The van der Waals surface area contributed by atoms with E-state index in [1.54, 1.807) is 6.08 Å². The van der Waals surface area contributed by atoms with Gasteiger partial charge in [-0.05, 0) is 26.8 Å². The molecule has 0 amide bonds. The summed E-state index contributed by atoms with van der Waals surface area (Å²) in [5.41, 5.74) is -0.504. The Kier molecular flexibility index (Phi) is 2.35. The van der Waals surface area contributed by atoms with Crippen LogP contribution < -0.4 is 0 Å². The highest BCUT2D eigenvalue weighted by atomic mass is 16.3. The molecule has 2 atom stereocenters. The van der Waals surface area contributed by atoms with Gasteiger partial charge >= 0.3 is 0 Å². The third-order valence-electron chi connectivity index (χ3n) is 2.50. The van der Waals surface area contributed by atoms with Crippen molar-refractivity contribution in [1.82, 2.24) is 4.90 Å². The van der Waals surface area contributed by atoms with Crippen LogP contribution in [-0.2, 0) is 0 Å². The van der Waals surface area contributed by atoms with Gasteiger partial charge in [0, 0.05) is 12.6 Å². The minimum absolute atomic E-state index is 0.500. The molecule has 1 N–H and O–H groups in total. The van der Waals surface area contributed by atoms with Gasteiger partial charge in [-0.3, -0.25) is 0 Å². The van der Waals surface area contributed by atoms with Gasteiger partial charge in [0.1, 0.15) is 0 Å². The molecule has 0 aromatic carbocycles. The van der Waals surface area contributed by atoms with Crippen LogP contribution in [-0.4, -0.2) is 35.2 Å². The molecule has 0 spiro atoms.